The van der Waals surface area contributed by atoms with Crippen molar-refractivity contribution < 1.29 is 9.53 Å². The summed E-state index contributed by atoms with van der Waals surface area (Å²) in [5.74, 6) is 2.43. The molecule has 3 atom stereocenters. The van der Waals surface area contributed by atoms with Gasteiger partial charge in [-0.05, 0) is 63.1 Å². The van der Waals surface area contributed by atoms with Crippen molar-refractivity contribution in [3.63, 3.8) is 0 Å². The number of carbonyl (C=O) groups is 1. The summed E-state index contributed by atoms with van der Waals surface area (Å²) in [4.78, 5) is 15.3. The van der Waals surface area contributed by atoms with Gasteiger partial charge in [0.15, 0.2) is 20.1 Å². The molecule has 0 bridgehead atoms. The van der Waals surface area contributed by atoms with E-state index in [0.717, 1.165) is 12.8 Å². The maximum absolute atomic E-state index is 12.8. The van der Waals surface area contributed by atoms with Gasteiger partial charge in [-0.2, -0.15) is 0 Å². The lowest BCUT2D eigenvalue weighted by Gasteiger charge is -2.29. The highest BCUT2D eigenvalue weighted by Crippen LogP contribution is 2.43. The fourth-order valence-electron chi connectivity index (χ4n) is 4.07. The molecule has 0 N–H and O–H groups in total. The third kappa shape index (κ3) is 3.61. The van der Waals surface area contributed by atoms with Gasteiger partial charge in [0.25, 0.3) is 0 Å². The molecule has 29 heavy (non-hydrogen) atoms. The highest BCUT2D eigenvalue weighted by Gasteiger charge is 2.37. The molecule has 3 unspecified atom stereocenters. The molecule has 0 amide bonds. The number of benzene rings is 2. The number of aryl methyl sites for hydroxylation is 1. The average Bonchev–Trinajstić information content (AvgIpc) is 3.30. The van der Waals surface area contributed by atoms with E-state index in [9.17, 15) is 4.79 Å². The van der Waals surface area contributed by atoms with Crippen LogP contribution in [0.4, 0.5) is 0 Å². The number of ether oxygens (including phenoxy) is 1. The third-order valence-electron chi connectivity index (χ3n) is 5.78. The van der Waals surface area contributed by atoms with Crippen LogP contribution in [0.1, 0.15) is 41.9 Å². The van der Waals surface area contributed by atoms with E-state index in [2.05, 4.69) is 56.2 Å². The first-order chi connectivity index (χ1) is 13.9. The van der Waals surface area contributed by atoms with E-state index in [0.29, 0.717) is 5.56 Å². The predicted octanol–water partition coefficient (Wildman–Crippen LogP) is 6.79. The minimum atomic E-state index is -0.918. The van der Waals surface area contributed by atoms with Crippen LogP contribution < -0.4 is 0 Å². The molecular weight excluding hydrogens is 376 g/mol. The number of carbonyl (C=O) groups excluding carboxylic acids is 1. The van der Waals surface area contributed by atoms with E-state index in [1.54, 1.807) is 0 Å². The van der Waals surface area contributed by atoms with E-state index in [1.807, 2.05) is 31.2 Å². The zero-order valence-electron chi connectivity index (χ0n) is 17.1. The first-order valence-electron chi connectivity index (χ1n) is 9.91. The summed E-state index contributed by atoms with van der Waals surface area (Å²) in [6.45, 7) is 6.10. The normalized spacial score (nSPS) is 18.8. The smallest absolute Gasteiger partial charge is 0.339 e. The van der Waals surface area contributed by atoms with Crippen LogP contribution in [-0.2, 0) is 4.74 Å². The second kappa shape index (κ2) is 7.54. The van der Waals surface area contributed by atoms with Crippen molar-refractivity contribution in [2.75, 3.05) is 0 Å². The Morgan fingerprint density at radius 2 is 1.90 bits per heavy atom. The Hall–Kier alpha value is -2.83. The Bertz CT molecular complexity index is 1140. The summed E-state index contributed by atoms with van der Waals surface area (Å²) in [5, 5.41) is 1.28. The number of rotatable bonds is 4. The molecule has 3 heteroatoms. The van der Waals surface area contributed by atoms with Gasteiger partial charge in [-0.15, -0.1) is 6.42 Å². The lowest BCUT2D eigenvalue weighted by molar-refractivity contribution is -0.000693. The number of allylic oxidation sites excluding steroid dienone is 1. The Balaban J connectivity index is 1.58. The van der Waals surface area contributed by atoms with Gasteiger partial charge in [0, 0.05) is 34.8 Å². The minimum Gasteiger partial charge on any atom is -0.442 e. The molecule has 146 valence electrons. The highest BCUT2D eigenvalue weighted by atomic mass is 32.2. The van der Waals surface area contributed by atoms with Crippen LogP contribution in [0.5, 0.6) is 0 Å². The summed E-state index contributed by atoms with van der Waals surface area (Å²) in [6, 6.07) is 18.5. The van der Waals surface area contributed by atoms with Gasteiger partial charge >= 0.3 is 5.97 Å². The largest absolute Gasteiger partial charge is 0.442 e. The lowest BCUT2D eigenvalue weighted by Crippen LogP contribution is -2.36. The Morgan fingerprint density at radius 3 is 2.55 bits per heavy atom. The molecule has 3 aromatic rings. The van der Waals surface area contributed by atoms with Crippen LogP contribution in [-0.4, -0.2) is 11.6 Å². The molecule has 4 rings (SSSR count). The van der Waals surface area contributed by atoms with Gasteiger partial charge in [-0.1, -0.05) is 29.7 Å². The molecule has 1 aliphatic carbocycles. The molecule has 0 radical (unpaired) electrons. The summed E-state index contributed by atoms with van der Waals surface area (Å²) < 4.78 is 7.16. The quantitative estimate of drug-likeness (QED) is 0.208. The van der Waals surface area contributed by atoms with Gasteiger partial charge in [0.1, 0.15) is 0 Å². The topological polar surface area (TPSA) is 26.3 Å². The zero-order valence-corrected chi connectivity index (χ0v) is 17.9. The second-order valence-electron chi connectivity index (χ2n) is 7.92. The van der Waals surface area contributed by atoms with Crippen molar-refractivity contribution in [3.05, 3.63) is 76.7 Å². The lowest BCUT2D eigenvalue weighted by atomic mass is 9.89. The molecule has 0 fully saturated rings. The number of fused-ring (bicyclic) bond motifs is 1. The Kier molecular flexibility index (Phi) is 5.06. The van der Waals surface area contributed by atoms with Crippen molar-refractivity contribution in [3.8, 4) is 17.2 Å². The van der Waals surface area contributed by atoms with E-state index < -0.39 is 5.60 Å². The molecule has 1 aromatic heterocycles. The van der Waals surface area contributed by atoms with E-state index in [1.165, 1.54) is 25.4 Å². The van der Waals surface area contributed by atoms with Gasteiger partial charge in [0.2, 0.25) is 0 Å². The first-order valence-corrected chi connectivity index (χ1v) is 11.1. The molecule has 0 aliphatic heterocycles. The van der Waals surface area contributed by atoms with Gasteiger partial charge in [-0.25, -0.2) is 4.79 Å². The molecule has 0 saturated carbocycles. The molecule has 0 saturated heterocycles. The molecule has 0 spiro atoms. The second-order valence-corrected chi connectivity index (χ2v) is 10.1. The molecule has 2 aromatic carbocycles. The molecule has 1 heterocycles. The first kappa shape index (κ1) is 19.5. The monoisotopic (exact) mass is 401 g/mol. The number of hydrogen-bond donors (Lipinski definition) is 0. The summed E-state index contributed by atoms with van der Waals surface area (Å²) >= 11 is 0. The van der Waals surface area contributed by atoms with Crippen molar-refractivity contribution in [2.45, 2.75) is 39.2 Å². The molecule has 1 aliphatic rings. The van der Waals surface area contributed by atoms with Gasteiger partial charge < -0.3 is 4.74 Å². The van der Waals surface area contributed by atoms with Crippen molar-refractivity contribution >= 4 is 26.5 Å². The van der Waals surface area contributed by atoms with E-state index in [-0.39, 0.29) is 22.4 Å². The van der Waals surface area contributed by atoms with Gasteiger partial charge in [0.05, 0.1) is 5.56 Å². The summed E-state index contributed by atoms with van der Waals surface area (Å²) in [7, 11) is -0.0896. The number of hydrogen-bond acceptors (Lipinski definition) is 2. The zero-order chi connectivity index (χ0) is 20.6. The van der Waals surface area contributed by atoms with Crippen LogP contribution in [0.3, 0.4) is 0 Å². The standard InChI is InChI=1S/C26H25O2S/c1-5-26(4,22-13-10-18(2)16-22)28-25(27)20-11-14-23(15-12-20)29-19(3)17-21-8-6-7-9-24(21)29/h1,6-9,11-12,14-17,22H,10,13H2,2-4H3/q+1. The summed E-state index contributed by atoms with van der Waals surface area (Å²) in [6.07, 6.45) is 9.84. The average molecular weight is 402 g/mol. The van der Waals surface area contributed by atoms with Crippen LogP contribution in [0.2, 0.25) is 0 Å². The third-order valence-corrected chi connectivity index (χ3v) is 8.10. The Morgan fingerprint density at radius 1 is 1.17 bits per heavy atom. The number of terminal acetylenes is 1. The van der Waals surface area contributed by atoms with E-state index in [4.69, 9.17) is 11.2 Å². The van der Waals surface area contributed by atoms with Crippen LogP contribution in [0, 0.1) is 25.2 Å². The van der Waals surface area contributed by atoms with Crippen LogP contribution >= 0.6 is 10.5 Å². The fourth-order valence-corrected chi connectivity index (χ4v) is 6.27. The predicted molar refractivity (Wildman–Crippen MR) is 122 cm³/mol. The molecule has 2 nitrogen and oxygen atoms in total. The molecular formula is C26H25O2S+. The number of thiophene rings is 1. The van der Waals surface area contributed by atoms with Crippen LogP contribution in [0.25, 0.3) is 15.0 Å². The maximum Gasteiger partial charge on any atom is 0.339 e. The SMILES string of the molecule is C#CC(C)(OC(=O)c1ccc(-[s+]2c(C)cc3ccccc32)cc1)C1C=C(C)CC1. The van der Waals surface area contributed by atoms with Crippen molar-refractivity contribution in [1.82, 2.24) is 0 Å². The van der Waals surface area contributed by atoms with E-state index >= 15 is 0 Å². The maximum atomic E-state index is 12.8. The number of esters is 1. The fraction of sp³-hybridized carbons (Fsp3) is 0.269. The van der Waals surface area contributed by atoms with Crippen molar-refractivity contribution in [1.29, 1.82) is 0 Å². The Labute approximate surface area is 175 Å². The minimum absolute atomic E-state index is 0.0694. The van der Waals surface area contributed by atoms with Crippen molar-refractivity contribution in [2.24, 2.45) is 5.92 Å². The summed E-state index contributed by atoms with van der Waals surface area (Å²) in [5.41, 5.74) is 0.920. The van der Waals surface area contributed by atoms with Crippen LogP contribution in [0.15, 0.2) is 66.2 Å². The van der Waals surface area contributed by atoms with Gasteiger partial charge in [-0.3, -0.25) is 0 Å². The highest BCUT2D eigenvalue weighted by molar-refractivity contribution is 7.45.